The van der Waals surface area contributed by atoms with Crippen molar-refractivity contribution < 1.29 is 17.9 Å². The average molecular weight is 391 g/mol. The molecule has 1 amide bonds. The van der Waals surface area contributed by atoms with Crippen LogP contribution in [0, 0.1) is 5.92 Å². The van der Waals surface area contributed by atoms with Gasteiger partial charge in [0.1, 0.15) is 11.8 Å². The Morgan fingerprint density at radius 2 is 1.92 bits per heavy atom. The fourth-order valence-corrected chi connectivity index (χ4v) is 3.80. The molecule has 2 atom stereocenters. The lowest BCUT2D eigenvalue weighted by atomic mass is 10.1. The summed E-state index contributed by atoms with van der Waals surface area (Å²) >= 11 is 6.13. The SMILES string of the molecule is CCC(C(=O)NC(C)C(C)C)N(c1ccc(OC)c(Cl)c1)S(C)(=O)=O. The van der Waals surface area contributed by atoms with Crippen molar-refractivity contribution in [2.24, 2.45) is 5.92 Å². The predicted octanol–water partition coefficient (Wildman–Crippen LogP) is 3.05. The van der Waals surface area contributed by atoms with Crippen molar-refractivity contribution in [3.8, 4) is 5.75 Å². The van der Waals surface area contributed by atoms with Gasteiger partial charge in [0.15, 0.2) is 0 Å². The van der Waals surface area contributed by atoms with E-state index in [0.717, 1.165) is 10.6 Å². The molecule has 0 saturated heterocycles. The second-order valence-corrected chi connectivity index (χ2v) is 8.61. The molecule has 1 aromatic carbocycles. The quantitative estimate of drug-likeness (QED) is 0.740. The van der Waals surface area contributed by atoms with Crippen LogP contribution in [-0.4, -0.2) is 39.8 Å². The van der Waals surface area contributed by atoms with Crippen molar-refractivity contribution in [2.75, 3.05) is 17.7 Å². The number of ether oxygens (including phenoxy) is 1. The summed E-state index contributed by atoms with van der Waals surface area (Å²) in [6.07, 6.45) is 1.40. The average Bonchev–Trinajstić information content (AvgIpc) is 2.50. The molecule has 0 aliphatic rings. The molecule has 1 rings (SSSR count). The van der Waals surface area contributed by atoms with Crippen LogP contribution in [0.1, 0.15) is 34.1 Å². The molecule has 0 spiro atoms. The molecule has 0 radical (unpaired) electrons. The van der Waals surface area contributed by atoms with Gasteiger partial charge in [0.05, 0.1) is 24.1 Å². The third-order valence-corrected chi connectivity index (χ3v) is 5.56. The van der Waals surface area contributed by atoms with Gasteiger partial charge in [-0.25, -0.2) is 8.42 Å². The number of sulfonamides is 1. The van der Waals surface area contributed by atoms with E-state index >= 15 is 0 Å². The number of hydrogen-bond donors (Lipinski definition) is 1. The predicted molar refractivity (Wildman–Crippen MR) is 102 cm³/mol. The van der Waals surface area contributed by atoms with Crippen molar-refractivity contribution in [1.29, 1.82) is 0 Å². The summed E-state index contributed by atoms with van der Waals surface area (Å²) in [6.45, 7) is 7.64. The van der Waals surface area contributed by atoms with Gasteiger partial charge in [0, 0.05) is 6.04 Å². The van der Waals surface area contributed by atoms with E-state index in [4.69, 9.17) is 16.3 Å². The summed E-state index contributed by atoms with van der Waals surface area (Å²) < 4.78 is 31.0. The van der Waals surface area contributed by atoms with Crippen molar-refractivity contribution >= 4 is 33.2 Å². The van der Waals surface area contributed by atoms with Crippen molar-refractivity contribution in [3.05, 3.63) is 23.2 Å². The highest BCUT2D eigenvalue weighted by molar-refractivity contribution is 7.92. The maximum Gasteiger partial charge on any atom is 0.244 e. The van der Waals surface area contributed by atoms with E-state index in [0.29, 0.717) is 17.9 Å². The smallest absolute Gasteiger partial charge is 0.244 e. The number of nitrogens with one attached hydrogen (secondary N) is 1. The molecule has 0 saturated carbocycles. The lowest BCUT2D eigenvalue weighted by Crippen LogP contribution is -2.52. The first kappa shape index (κ1) is 21.6. The van der Waals surface area contributed by atoms with Crippen molar-refractivity contribution in [2.45, 2.75) is 46.2 Å². The van der Waals surface area contributed by atoms with Gasteiger partial charge in [0.2, 0.25) is 15.9 Å². The molecule has 1 N–H and O–H groups in total. The Bertz CT molecular complexity index is 707. The lowest BCUT2D eigenvalue weighted by molar-refractivity contribution is -0.123. The summed E-state index contributed by atoms with van der Waals surface area (Å²) in [5.74, 6) is 0.342. The van der Waals surface area contributed by atoms with Crippen LogP contribution >= 0.6 is 11.6 Å². The van der Waals surface area contributed by atoms with Crippen LogP contribution in [0.3, 0.4) is 0 Å². The van der Waals surface area contributed by atoms with E-state index in [1.807, 2.05) is 20.8 Å². The molecule has 0 aromatic heterocycles. The van der Waals surface area contributed by atoms with Crippen molar-refractivity contribution in [1.82, 2.24) is 5.32 Å². The monoisotopic (exact) mass is 390 g/mol. The van der Waals surface area contributed by atoms with Gasteiger partial charge in [-0.3, -0.25) is 9.10 Å². The van der Waals surface area contributed by atoms with Crippen LogP contribution < -0.4 is 14.4 Å². The van der Waals surface area contributed by atoms with Crippen LogP contribution in [0.4, 0.5) is 5.69 Å². The number of halogens is 1. The zero-order valence-electron chi connectivity index (χ0n) is 15.5. The van der Waals surface area contributed by atoms with Crippen molar-refractivity contribution in [3.63, 3.8) is 0 Å². The molecule has 0 aliphatic heterocycles. The molecule has 25 heavy (non-hydrogen) atoms. The Morgan fingerprint density at radius 1 is 1.32 bits per heavy atom. The van der Waals surface area contributed by atoms with Gasteiger partial charge in [-0.2, -0.15) is 0 Å². The van der Waals surface area contributed by atoms with E-state index in [1.54, 1.807) is 19.1 Å². The highest BCUT2D eigenvalue weighted by Gasteiger charge is 2.32. The third-order valence-electron chi connectivity index (χ3n) is 4.09. The molecule has 0 bridgehead atoms. The zero-order chi connectivity index (χ0) is 19.4. The van der Waals surface area contributed by atoms with Crippen LogP contribution in [0.25, 0.3) is 0 Å². The van der Waals surface area contributed by atoms with E-state index in [1.165, 1.54) is 13.2 Å². The zero-order valence-corrected chi connectivity index (χ0v) is 17.1. The number of carbonyl (C=O) groups excluding carboxylic acids is 1. The summed E-state index contributed by atoms with van der Waals surface area (Å²) in [5, 5.41) is 3.16. The Kier molecular flexibility index (Phi) is 7.56. The van der Waals surface area contributed by atoms with E-state index in [2.05, 4.69) is 5.32 Å². The molecule has 0 fully saturated rings. The minimum Gasteiger partial charge on any atom is -0.495 e. The summed E-state index contributed by atoms with van der Waals surface area (Å²) in [7, 11) is -2.22. The molecule has 0 heterocycles. The second kappa shape index (κ2) is 8.76. The van der Waals surface area contributed by atoms with E-state index in [9.17, 15) is 13.2 Å². The molecule has 142 valence electrons. The fourth-order valence-electron chi connectivity index (χ4n) is 2.34. The topological polar surface area (TPSA) is 75.7 Å². The second-order valence-electron chi connectivity index (χ2n) is 6.34. The largest absolute Gasteiger partial charge is 0.495 e. The Hall–Kier alpha value is -1.47. The van der Waals surface area contributed by atoms with Crippen LogP contribution in [-0.2, 0) is 14.8 Å². The summed E-state index contributed by atoms with van der Waals surface area (Å²) in [6, 6.07) is 3.72. The summed E-state index contributed by atoms with van der Waals surface area (Å²) in [5.41, 5.74) is 0.326. The number of nitrogens with zero attached hydrogens (tertiary/aromatic N) is 1. The minimum atomic E-state index is -3.69. The molecular formula is C17H27ClN2O4S. The maximum atomic E-state index is 12.7. The first-order valence-electron chi connectivity index (χ1n) is 8.16. The number of carbonyl (C=O) groups is 1. The molecule has 1 aromatic rings. The van der Waals surface area contributed by atoms with Crippen LogP contribution in [0.5, 0.6) is 5.75 Å². The molecule has 0 aliphatic carbocycles. The molecule has 6 nitrogen and oxygen atoms in total. The van der Waals surface area contributed by atoms with Crippen LogP contribution in [0.2, 0.25) is 5.02 Å². The number of rotatable bonds is 8. The fraction of sp³-hybridized carbons (Fsp3) is 0.588. The van der Waals surface area contributed by atoms with Gasteiger partial charge in [-0.1, -0.05) is 32.4 Å². The first-order valence-corrected chi connectivity index (χ1v) is 10.4. The third kappa shape index (κ3) is 5.51. The number of methoxy groups -OCH3 is 1. The van der Waals surface area contributed by atoms with Crippen LogP contribution in [0.15, 0.2) is 18.2 Å². The molecule has 2 unspecified atom stereocenters. The number of amides is 1. The minimum absolute atomic E-state index is 0.0672. The molecule has 8 heteroatoms. The van der Waals surface area contributed by atoms with Gasteiger partial charge >= 0.3 is 0 Å². The van der Waals surface area contributed by atoms with Gasteiger partial charge in [-0.15, -0.1) is 0 Å². The number of anilines is 1. The highest BCUT2D eigenvalue weighted by Crippen LogP contribution is 2.31. The normalized spacial score (nSPS) is 14.1. The van der Waals surface area contributed by atoms with E-state index < -0.39 is 16.1 Å². The number of hydrogen-bond acceptors (Lipinski definition) is 4. The first-order chi connectivity index (χ1) is 11.5. The van der Waals surface area contributed by atoms with Gasteiger partial charge < -0.3 is 10.1 Å². The van der Waals surface area contributed by atoms with Gasteiger partial charge in [0.25, 0.3) is 0 Å². The lowest BCUT2D eigenvalue weighted by Gasteiger charge is -2.31. The Balaban J connectivity index is 3.29. The number of benzene rings is 1. The van der Waals surface area contributed by atoms with Gasteiger partial charge in [-0.05, 0) is 37.5 Å². The van der Waals surface area contributed by atoms with E-state index in [-0.39, 0.29) is 22.9 Å². The Morgan fingerprint density at radius 3 is 2.32 bits per heavy atom. The maximum absolute atomic E-state index is 12.7. The standard InChI is InChI=1S/C17H27ClN2O4S/c1-7-15(17(21)19-12(4)11(2)3)20(25(6,22)23)13-8-9-16(24-5)14(18)10-13/h8-12,15H,7H2,1-6H3,(H,19,21). The summed E-state index contributed by atoms with van der Waals surface area (Å²) in [4.78, 5) is 12.7. The Labute approximate surface area is 155 Å². The highest BCUT2D eigenvalue weighted by atomic mass is 35.5. The molecular weight excluding hydrogens is 364 g/mol.